The van der Waals surface area contributed by atoms with Crippen LogP contribution in [0.4, 0.5) is 0 Å². The highest BCUT2D eigenvalue weighted by Crippen LogP contribution is 2.57. The first-order chi connectivity index (χ1) is 13.7. The number of amides is 1. The molecule has 0 radical (unpaired) electrons. The maximum atomic E-state index is 13.0. The van der Waals surface area contributed by atoms with Crippen LogP contribution in [0.25, 0.3) is 5.82 Å². The van der Waals surface area contributed by atoms with Gasteiger partial charge in [-0.1, -0.05) is 0 Å². The van der Waals surface area contributed by atoms with Crippen molar-refractivity contribution in [3.8, 4) is 5.82 Å². The number of aromatic nitrogens is 4. The summed E-state index contributed by atoms with van der Waals surface area (Å²) in [6.45, 7) is 1.21. The molecule has 5 rings (SSSR count). The first kappa shape index (κ1) is 17.6. The van der Waals surface area contributed by atoms with E-state index in [0.717, 1.165) is 36.9 Å². The van der Waals surface area contributed by atoms with Crippen molar-refractivity contribution < 1.29 is 19.1 Å². The topological polar surface area (TPSA) is 115 Å². The lowest BCUT2D eigenvalue weighted by atomic mass is 9.92. The number of hydrogen-bond donors (Lipinski definition) is 3. The predicted molar refractivity (Wildman–Crippen MR) is 97.7 cm³/mol. The van der Waals surface area contributed by atoms with Crippen LogP contribution >= 0.6 is 0 Å². The molecule has 0 bridgehead atoms. The molecule has 1 saturated carbocycles. The Morgan fingerprint density at radius 2 is 2.29 bits per heavy atom. The second-order valence-electron chi connectivity index (χ2n) is 7.98. The summed E-state index contributed by atoms with van der Waals surface area (Å²) in [6, 6.07) is -0.305. The lowest BCUT2D eigenvalue weighted by molar-refractivity contribution is -0.495. The normalized spacial score (nSPS) is 24.5. The fourth-order valence-electron chi connectivity index (χ4n) is 4.66. The number of rotatable bonds is 5. The molecule has 0 aromatic carbocycles. The zero-order chi connectivity index (χ0) is 19.3. The molecule has 3 aliphatic rings. The molecule has 28 heavy (non-hydrogen) atoms. The monoisotopic (exact) mass is 386 g/mol. The number of aliphatic hydroxyl groups is 1. The van der Waals surface area contributed by atoms with Gasteiger partial charge in [-0.15, -0.1) is 0 Å². The van der Waals surface area contributed by atoms with Gasteiger partial charge < -0.3 is 20.1 Å². The fourth-order valence-corrected chi connectivity index (χ4v) is 4.66. The largest absolute Gasteiger partial charge is 0.394 e. The summed E-state index contributed by atoms with van der Waals surface area (Å²) in [4.78, 5) is 27.8. The van der Waals surface area contributed by atoms with E-state index in [9.17, 15) is 14.8 Å². The molecule has 3 heterocycles. The van der Waals surface area contributed by atoms with Crippen molar-refractivity contribution in [2.24, 2.45) is 11.8 Å². The molecule has 9 heteroatoms. The van der Waals surface area contributed by atoms with Crippen molar-refractivity contribution in [1.29, 1.82) is 0 Å². The number of H-pyrrole nitrogens is 1. The van der Waals surface area contributed by atoms with E-state index in [1.54, 1.807) is 10.9 Å². The van der Waals surface area contributed by atoms with E-state index in [-0.39, 0.29) is 24.5 Å². The number of nitrogens with one attached hydrogen (secondary N) is 2. The van der Waals surface area contributed by atoms with Gasteiger partial charge in [0.25, 0.3) is 12.1 Å². The summed E-state index contributed by atoms with van der Waals surface area (Å²) in [5.41, 5.74) is 2.41. The smallest absolute Gasteiger partial charge is 0.272 e. The standard InChI is InChI=1S/C19H23N5O4/c25-10-15(11-1-5-28-6-2-11)21-19(26)17-14-8-12-7-13(12)18(14)24(22-17)16-9-23(27)4-3-20-16/h3-4,9,11-13,15,25H,1-2,5-8,10H2,(H-,20,21,26,27)/p+1/t12-,13-,15?/m1/s1. The maximum absolute atomic E-state index is 13.0. The molecule has 3 N–H and O–H groups in total. The van der Waals surface area contributed by atoms with Crippen molar-refractivity contribution in [3.63, 3.8) is 0 Å². The number of nitrogens with zero attached hydrogens (tertiary/aromatic N) is 3. The van der Waals surface area contributed by atoms with Crippen molar-refractivity contribution in [3.05, 3.63) is 40.4 Å². The van der Waals surface area contributed by atoms with Crippen molar-refractivity contribution >= 4 is 5.91 Å². The summed E-state index contributed by atoms with van der Waals surface area (Å²) >= 11 is 0. The Balaban J connectivity index is 1.45. The van der Waals surface area contributed by atoms with Crippen LogP contribution in [-0.4, -0.2) is 51.6 Å². The van der Waals surface area contributed by atoms with Crippen LogP contribution in [0.5, 0.6) is 0 Å². The molecule has 2 aliphatic carbocycles. The van der Waals surface area contributed by atoms with Gasteiger partial charge in [-0.25, -0.2) is 4.68 Å². The summed E-state index contributed by atoms with van der Waals surface area (Å²) in [6.07, 6.45) is 7.95. The van der Waals surface area contributed by atoms with E-state index in [2.05, 4.69) is 15.4 Å². The van der Waals surface area contributed by atoms with Gasteiger partial charge in [0.1, 0.15) is 0 Å². The van der Waals surface area contributed by atoms with Gasteiger partial charge in [0.05, 0.1) is 29.0 Å². The van der Waals surface area contributed by atoms with Crippen LogP contribution in [0, 0.1) is 16.7 Å². The average molecular weight is 386 g/mol. The summed E-state index contributed by atoms with van der Waals surface area (Å²) in [5.74, 6) is 1.46. The van der Waals surface area contributed by atoms with E-state index in [0.29, 0.717) is 41.0 Å². The molecule has 2 aromatic rings. The van der Waals surface area contributed by atoms with E-state index < -0.39 is 0 Å². The number of aliphatic hydroxyl groups excluding tert-OH is 1. The Labute approximate surface area is 161 Å². The Hall–Kier alpha value is -2.52. The number of aromatic amines is 1. The van der Waals surface area contributed by atoms with E-state index in [4.69, 9.17) is 4.74 Å². The minimum absolute atomic E-state index is 0.104. The highest BCUT2D eigenvalue weighted by Gasteiger charge is 2.50. The molecule has 1 amide bonds. The first-order valence-corrected chi connectivity index (χ1v) is 9.88. The quantitative estimate of drug-likeness (QED) is 0.639. The molecule has 148 valence electrons. The number of ether oxygens (including phenoxy) is 1. The minimum Gasteiger partial charge on any atom is -0.394 e. The van der Waals surface area contributed by atoms with E-state index in [1.165, 1.54) is 12.4 Å². The fraction of sp³-hybridized carbons (Fsp3) is 0.579. The van der Waals surface area contributed by atoms with Crippen LogP contribution in [0.3, 0.4) is 0 Å². The van der Waals surface area contributed by atoms with Crippen LogP contribution in [0.1, 0.15) is 46.9 Å². The molecule has 9 nitrogen and oxygen atoms in total. The van der Waals surface area contributed by atoms with Gasteiger partial charge in [0.15, 0.2) is 5.69 Å². The Morgan fingerprint density at radius 3 is 3.04 bits per heavy atom. The molecule has 1 aliphatic heterocycles. The van der Waals surface area contributed by atoms with E-state index >= 15 is 0 Å². The lowest BCUT2D eigenvalue weighted by Crippen LogP contribution is -2.45. The van der Waals surface area contributed by atoms with Crippen LogP contribution in [0.2, 0.25) is 0 Å². The Bertz CT molecular complexity index is 961. The highest BCUT2D eigenvalue weighted by molar-refractivity contribution is 5.94. The number of carbonyl (C=O) groups is 1. The second kappa shape index (κ2) is 6.82. The molecule has 2 fully saturated rings. The molecular weight excluding hydrogens is 362 g/mol. The molecule has 2 aromatic heterocycles. The predicted octanol–water partition coefficient (Wildman–Crippen LogP) is 0.292. The van der Waals surface area contributed by atoms with Gasteiger partial charge in [0.2, 0.25) is 12.0 Å². The van der Waals surface area contributed by atoms with E-state index in [1.807, 2.05) is 0 Å². The zero-order valence-electron chi connectivity index (χ0n) is 15.5. The molecule has 3 atom stereocenters. The summed E-state index contributed by atoms with van der Waals surface area (Å²) < 4.78 is 7.80. The molecule has 1 saturated heterocycles. The maximum Gasteiger partial charge on any atom is 0.272 e. The van der Waals surface area contributed by atoms with Crippen LogP contribution < -0.4 is 9.74 Å². The number of hydrogen-bond acceptors (Lipinski definition) is 5. The number of fused-ring (bicyclic) bond motifs is 3. The molecule has 0 spiro atoms. The Kier molecular flexibility index (Phi) is 4.28. The first-order valence-electron chi connectivity index (χ1n) is 9.88. The van der Waals surface area contributed by atoms with Gasteiger partial charge in [-0.2, -0.15) is 5.10 Å². The van der Waals surface area contributed by atoms with Crippen molar-refractivity contribution in [2.45, 2.75) is 37.6 Å². The third-order valence-corrected chi connectivity index (χ3v) is 6.26. The van der Waals surface area contributed by atoms with Crippen molar-refractivity contribution in [2.75, 3.05) is 19.8 Å². The van der Waals surface area contributed by atoms with Gasteiger partial charge >= 0.3 is 0 Å². The van der Waals surface area contributed by atoms with Crippen LogP contribution in [0.15, 0.2) is 18.6 Å². The lowest BCUT2D eigenvalue weighted by Gasteiger charge is -2.29. The summed E-state index contributed by atoms with van der Waals surface area (Å²) in [7, 11) is 0. The molecular formula is C19H24N5O4+. The Morgan fingerprint density at radius 1 is 1.46 bits per heavy atom. The highest BCUT2D eigenvalue weighted by atomic mass is 16.5. The van der Waals surface area contributed by atoms with Crippen LogP contribution in [-0.2, 0) is 11.2 Å². The average Bonchev–Trinajstić information content (AvgIpc) is 3.21. The third kappa shape index (κ3) is 2.94. The molecule has 1 unspecified atom stereocenters. The van der Waals surface area contributed by atoms with Gasteiger partial charge in [-0.05, 0) is 37.5 Å². The van der Waals surface area contributed by atoms with Gasteiger partial charge in [0, 0.05) is 29.6 Å². The van der Waals surface area contributed by atoms with Crippen molar-refractivity contribution in [1.82, 2.24) is 20.1 Å². The summed E-state index contributed by atoms with van der Waals surface area (Å²) in [5, 5.41) is 17.4. The minimum atomic E-state index is -0.305. The van der Waals surface area contributed by atoms with Gasteiger partial charge in [-0.3, -0.25) is 4.79 Å². The number of carbonyl (C=O) groups excluding carboxylic acids is 1. The third-order valence-electron chi connectivity index (χ3n) is 6.26. The second-order valence-corrected chi connectivity index (χ2v) is 7.98. The zero-order valence-corrected chi connectivity index (χ0v) is 15.5. The SMILES string of the molecule is O=C(NC(CO)C1CCOCC1)c1nn(-c2c[n+](=O)cc[nH]2)c2c1C[C@H]1C[C@@H]21.